The third-order valence-corrected chi connectivity index (χ3v) is 10.3. The molecule has 2 aromatic heterocycles. The zero-order valence-electron chi connectivity index (χ0n) is 13.4. The molecular weight excluding hydrogens is 485 g/mol. The fourth-order valence-electron chi connectivity index (χ4n) is 2.25. The highest BCUT2D eigenvalue weighted by Crippen LogP contribution is 2.47. The molecule has 2 heterocycles. The first kappa shape index (κ1) is 20.3. The smallest absolute Gasteiger partial charge is 0.294 e. The highest BCUT2D eigenvalue weighted by molar-refractivity contribution is 8.77. The summed E-state index contributed by atoms with van der Waals surface area (Å²) in [5, 5.41) is 0. The largest absolute Gasteiger partial charge is 0.304 e. The van der Waals surface area contributed by atoms with Crippen LogP contribution in [0.25, 0.3) is 20.4 Å². The number of thiazole rings is 2. The molecule has 0 unspecified atom stereocenters. The van der Waals surface area contributed by atoms with Crippen LogP contribution in [0.5, 0.6) is 0 Å². The van der Waals surface area contributed by atoms with Gasteiger partial charge in [0.2, 0.25) is 0 Å². The van der Waals surface area contributed by atoms with Crippen LogP contribution in [-0.4, -0.2) is 36.6 Å². The maximum atomic E-state index is 11.2. The number of nitrogens with zero attached hydrogens (tertiary/aromatic N) is 2. The summed E-state index contributed by atoms with van der Waals surface area (Å²) in [5.41, 5.74) is 1.02. The van der Waals surface area contributed by atoms with E-state index in [1.807, 2.05) is 0 Å². The lowest BCUT2D eigenvalue weighted by Gasteiger charge is -2.18. The molecule has 0 aliphatic rings. The Kier molecular flexibility index (Phi) is 5.37. The number of aromatic nitrogens is 2. The Hall–Kier alpha value is -0.940. The van der Waals surface area contributed by atoms with Crippen LogP contribution in [0.3, 0.4) is 0 Å². The lowest BCUT2D eigenvalue weighted by atomic mass is 10.3. The number of hydrogen-bond donors (Lipinski definition) is 4. The molecule has 2 aromatic carbocycles. The molecule has 0 saturated heterocycles. The van der Waals surface area contributed by atoms with Crippen LogP contribution in [0.4, 0.5) is 0 Å². The van der Waals surface area contributed by atoms with Crippen LogP contribution in [0.2, 0.25) is 0 Å². The van der Waals surface area contributed by atoms with E-state index in [1.54, 1.807) is 12.1 Å². The van der Waals surface area contributed by atoms with Crippen LogP contribution >= 0.6 is 55.1 Å². The second kappa shape index (κ2) is 7.39. The van der Waals surface area contributed by atoms with Gasteiger partial charge in [-0.2, -0.15) is 8.42 Å². The molecule has 0 saturated carbocycles. The first-order valence-electron chi connectivity index (χ1n) is 7.23. The quantitative estimate of drug-likeness (QED) is 0.206. The second-order valence-electron chi connectivity index (χ2n) is 5.38. The molecular formula is C14H10N2O6S6. The van der Waals surface area contributed by atoms with Crippen molar-refractivity contribution in [1.29, 1.82) is 0 Å². The van der Waals surface area contributed by atoms with E-state index in [1.165, 1.54) is 68.5 Å². The van der Waals surface area contributed by atoms with Gasteiger partial charge in [-0.05, 0) is 58.0 Å². The molecule has 4 N–H and O–H groups in total. The average molecular weight is 495 g/mol. The van der Waals surface area contributed by atoms with Gasteiger partial charge in [0.05, 0.1) is 30.2 Å². The van der Waals surface area contributed by atoms with Crippen LogP contribution in [0, 0.1) is 0 Å². The van der Waals surface area contributed by atoms with Crippen molar-refractivity contribution in [3.05, 3.63) is 36.4 Å². The monoisotopic (exact) mass is 494 g/mol. The fraction of sp³-hybridized carbons (Fsp3) is 0. The van der Waals surface area contributed by atoms with Gasteiger partial charge in [0, 0.05) is 0 Å². The lowest BCUT2D eigenvalue weighted by molar-refractivity contribution is 0.376. The van der Waals surface area contributed by atoms with E-state index in [0.717, 1.165) is 9.40 Å². The van der Waals surface area contributed by atoms with Gasteiger partial charge in [-0.1, -0.05) is 0 Å². The summed E-state index contributed by atoms with van der Waals surface area (Å²) >= 11 is 2.79. The minimum Gasteiger partial charge on any atom is -0.304 e. The number of rotatable bonds is 5. The van der Waals surface area contributed by atoms with Crippen molar-refractivity contribution in [3.63, 3.8) is 0 Å². The first-order valence-corrected chi connectivity index (χ1v) is 14.0. The topological polar surface area (TPSA) is 141 Å². The predicted molar refractivity (Wildman–Crippen MR) is 115 cm³/mol. The maximum Gasteiger partial charge on any atom is 0.294 e. The Bertz CT molecular complexity index is 1290. The van der Waals surface area contributed by atoms with Crippen molar-refractivity contribution >= 4 is 85.7 Å². The summed E-state index contributed by atoms with van der Waals surface area (Å²) in [4.78, 5) is 8.58. The average Bonchev–Trinajstić information content (AvgIpc) is 3.19. The SMILES string of the molecule is O=S(=O)(O)c1ccc2sc(SSc3nc4cc(S(O)(O)O)ccc4s3)nc2c1. The molecule has 148 valence electrons. The van der Waals surface area contributed by atoms with E-state index in [2.05, 4.69) is 9.97 Å². The molecule has 0 spiro atoms. The zero-order chi connectivity index (χ0) is 20.1. The lowest BCUT2D eigenvalue weighted by Crippen LogP contribution is -1.96. The number of fused-ring (bicyclic) bond motifs is 2. The normalized spacial score (nSPS) is 13.4. The van der Waals surface area contributed by atoms with E-state index in [4.69, 9.17) is 4.55 Å². The Morgan fingerprint density at radius 3 is 1.68 bits per heavy atom. The van der Waals surface area contributed by atoms with Crippen LogP contribution < -0.4 is 0 Å². The summed E-state index contributed by atoms with van der Waals surface area (Å²) in [6.07, 6.45) is 0. The third-order valence-electron chi connectivity index (χ3n) is 3.48. The van der Waals surface area contributed by atoms with Crippen LogP contribution in [0.1, 0.15) is 0 Å². The molecule has 14 heteroatoms. The molecule has 0 bridgehead atoms. The van der Waals surface area contributed by atoms with Gasteiger partial charge in [0.1, 0.15) is 10.9 Å². The van der Waals surface area contributed by atoms with Gasteiger partial charge in [0.15, 0.2) is 8.68 Å². The van der Waals surface area contributed by atoms with Crippen molar-refractivity contribution in [1.82, 2.24) is 9.97 Å². The minimum absolute atomic E-state index is 0.00955. The van der Waals surface area contributed by atoms with Crippen molar-refractivity contribution in [3.8, 4) is 0 Å². The molecule has 0 amide bonds. The van der Waals surface area contributed by atoms with Gasteiger partial charge in [-0.3, -0.25) is 4.55 Å². The third kappa shape index (κ3) is 4.30. The standard InChI is InChI=1S/C14H10N2O6S6/c17-27(18,19)7-1-3-11-9(5-7)15-13(23-11)25-26-14-16-10-6-8(28(20,21)22)2-4-12(10)24-14/h1-6,17-19H,(H,20,21,22). The highest BCUT2D eigenvalue weighted by atomic mass is 33.1. The van der Waals surface area contributed by atoms with E-state index >= 15 is 0 Å². The van der Waals surface area contributed by atoms with E-state index < -0.39 is 21.0 Å². The Morgan fingerprint density at radius 2 is 1.21 bits per heavy atom. The molecule has 0 aliphatic heterocycles. The van der Waals surface area contributed by atoms with Gasteiger partial charge >= 0.3 is 0 Å². The summed E-state index contributed by atoms with van der Waals surface area (Å²) in [7, 11) is -5.35. The highest BCUT2D eigenvalue weighted by Gasteiger charge is 2.18. The van der Waals surface area contributed by atoms with Crippen LogP contribution in [-0.2, 0) is 10.1 Å². The Morgan fingerprint density at radius 1 is 0.750 bits per heavy atom. The van der Waals surface area contributed by atoms with E-state index in [0.29, 0.717) is 19.7 Å². The van der Waals surface area contributed by atoms with Gasteiger partial charge in [-0.15, -0.1) is 22.7 Å². The van der Waals surface area contributed by atoms with Crippen molar-refractivity contribution in [2.75, 3.05) is 0 Å². The molecule has 4 rings (SSSR count). The molecule has 28 heavy (non-hydrogen) atoms. The fourth-order valence-corrected chi connectivity index (χ4v) is 7.72. The van der Waals surface area contributed by atoms with E-state index in [-0.39, 0.29) is 9.79 Å². The van der Waals surface area contributed by atoms with Crippen molar-refractivity contribution in [2.45, 2.75) is 18.5 Å². The Labute approximate surface area is 176 Å². The first-order chi connectivity index (χ1) is 13.1. The predicted octanol–water partition coefficient (Wildman–Crippen LogP) is 5.53. The molecule has 0 aliphatic carbocycles. The summed E-state index contributed by atoms with van der Waals surface area (Å²) in [6, 6.07) is 8.78. The molecule has 8 nitrogen and oxygen atoms in total. The summed E-state index contributed by atoms with van der Waals surface area (Å²) in [6.45, 7) is 0. The molecule has 0 atom stereocenters. The number of benzene rings is 2. The van der Waals surface area contributed by atoms with Crippen LogP contribution in [0.15, 0.2) is 54.9 Å². The minimum atomic E-state index is -4.28. The summed E-state index contributed by atoms with van der Waals surface area (Å²) in [5.74, 6) is 0. The summed E-state index contributed by atoms with van der Waals surface area (Å²) < 4.78 is 62.7. The van der Waals surface area contributed by atoms with Gasteiger partial charge in [0.25, 0.3) is 10.1 Å². The molecule has 0 radical (unpaired) electrons. The number of hydrogen-bond acceptors (Lipinski definition) is 11. The maximum absolute atomic E-state index is 11.2. The van der Waals surface area contributed by atoms with Gasteiger partial charge < -0.3 is 13.7 Å². The Balaban J connectivity index is 1.55. The molecule has 4 aromatic rings. The molecule has 0 fully saturated rings. The van der Waals surface area contributed by atoms with Gasteiger partial charge in [-0.25, -0.2) is 9.97 Å². The second-order valence-corrected chi connectivity index (χ2v) is 13.0. The van der Waals surface area contributed by atoms with Crippen molar-refractivity contribution in [2.24, 2.45) is 0 Å². The van der Waals surface area contributed by atoms with Crippen molar-refractivity contribution < 1.29 is 26.6 Å². The zero-order valence-corrected chi connectivity index (χ0v) is 18.3. The van der Waals surface area contributed by atoms with E-state index in [9.17, 15) is 22.1 Å².